The minimum atomic E-state index is -3.00. The van der Waals surface area contributed by atoms with Crippen LogP contribution in [0.25, 0.3) is 0 Å². The van der Waals surface area contributed by atoms with E-state index in [9.17, 15) is 13.6 Å². The van der Waals surface area contributed by atoms with Crippen LogP contribution in [0.1, 0.15) is 33.1 Å². The summed E-state index contributed by atoms with van der Waals surface area (Å²) in [6.45, 7) is 2.56. The van der Waals surface area contributed by atoms with Gasteiger partial charge in [-0.25, -0.2) is 8.78 Å². The fraction of sp³-hybridized carbons (Fsp3) is 0.900. The van der Waals surface area contributed by atoms with E-state index in [2.05, 4.69) is 5.32 Å². The van der Waals surface area contributed by atoms with Crippen molar-refractivity contribution in [2.75, 3.05) is 13.1 Å². The van der Waals surface area contributed by atoms with E-state index >= 15 is 0 Å². The third-order valence-corrected chi connectivity index (χ3v) is 2.47. The molecule has 0 bridgehead atoms. The lowest BCUT2D eigenvalue weighted by atomic mass is 9.99. The van der Waals surface area contributed by atoms with E-state index in [1.165, 1.54) is 0 Å². The largest absolute Gasteiger partial charge is 0.350 e. The smallest absolute Gasteiger partial charge is 0.277 e. The lowest BCUT2D eigenvalue weighted by Gasteiger charge is -2.16. The fourth-order valence-electron chi connectivity index (χ4n) is 1.21. The van der Waals surface area contributed by atoms with E-state index in [0.29, 0.717) is 6.42 Å². The number of amides is 1. The van der Waals surface area contributed by atoms with Gasteiger partial charge < -0.3 is 11.1 Å². The Bertz CT molecular complexity index is 194. The maximum absolute atomic E-state index is 12.7. The van der Waals surface area contributed by atoms with E-state index in [1.54, 1.807) is 0 Å². The number of hydrogen-bond acceptors (Lipinski definition) is 2. The highest BCUT2D eigenvalue weighted by molar-refractivity contribution is 5.76. The average Bonchev–Trinajstić information content (AvgIpc) is 2.23. The molecule has 0 rings (SSSR count). The quantitative estimate of drug-likeness (QED) is 0.686. The zero-order valence-electron chi connectivity index (χ0n) is 9.35. The van der Waals surface area contributed by atoms with E-state index in [4.69, 9.17) is 5.73 Å². The van der Waals surface area contributed by atoms with Gasteiger partial charge in [0, 0.05) is 6.42 Å². The Morgan fingerprint density at radius 2 is 1.93 bits per heavy atom. The van der Waals surface area contributed by atoms with E-state index in [1.807, 2.05) is 13.8 Å². The summed E-state index contributed by atoms with van der Waals surface area (Å²) in [7, 11) is 0. The molecule has 0 atom stereocenters. The molecule has 0 aromatic rings. The van der Waals surface area contributed by atoms with Crippen LogP contribution in [-0.2, 0) is 4.79 Å². The second-order valence-electron chi connectivity index (χ2n) is 3.72. The third-order valence-electron chi connectivity index (χ3n) is 2.47. The van der Waals surface area contributed by atoms with Gasteiger partial charge in [-0.3, -0.25) is 4.79 Å². The Morgan fingerprint density at radius 1 is 1.40 bits per heavy atom. The molecule has 0 saturated heterocycles. The van der Waals surface area contributed by atoms with Crippen molar-refractivity contribution in [3.05, 3.63) is 0 Å². The third kappa shape index (κ3) is 6.38. The van der Waals surface area contributed by atoms with E-state index in [0.717, 1.165) is 12.8 Å². The number of alkyl halides is 2. The maximum Gasteiger partial charge on any atom is 0.277 e. The van der Waals surface area contributed by atoms with Crippen LogP contribution in [0.4, 0.5) is 8.78 Å². The highest BCUT2D eigenvalue weighted by Crippen LogP contribution is 2.13. The first-order chi connectivity index (χ1) is 6.95. The molecule has 0 saturated carbocycles. The molecule has 0 aliphatic rings. The van der Waals surface area contributed by atoms with Crippen molar-refractivity contribution in [1.29, 1.82) is 0 Å². The summed E-state index contributed by atoms with van der Waals surface area (Å²) in [5.74, 6) is -3.04. The predicted octanol–water partition coefficient (Wildman–Crippen LogP) is 1.52. The van der Waals surface area contributed by atoms with Crippen molar-refractivity contribution < 1.29 is 13.6 Å². The van der Waals surface area contributed by atoms with E-state index < -0.39 is 19.0 Å². The molecule has 0 aliphatic heterocycles. The Hall–Kier alpha value is -0.710. The molecule has 0 aliphatic carbocycles. The first kappa shape index (κ1) is 14.3. The Morgan fingerprint density at radius 3 is 2.33 bits per heavy atom. The molecule has 5 heteroatoms. The van der Waals surface area contributed by atoms with Crippen molar-refractivity contribution >= 4 is 5.91 Å². The lowest BCUT2D eigenvalue weighted by Crippen LogP contribution is -2.41. The minimum absolute atomic E-state index is 0.275. The van der Waals surface area contributed by atoms with Gasteiger partial charge in [0.25, 0.3) is 5.92 Å². The number of nitrogens with one attached hydrogen (secondary N) is 1. The second kappa shape index (κ2) is 6.71. The van der Waals surface area contributed by atoms with Gasteiger partial charge in [-0.1, -0.05) is 26.7 Å². The van der Waals surface area contributed by atoms with Crippen LogP contribution in [0.2, 0.25) is 0 Å². The first-order valence-corrected chi connectivity index (χ1v) is 5.29. The zero-order chi connectivity index (χ0) is 11.9. The first-order valence-electron chi connectivity index (χ1n) is 5.29. The Labute approximate surface area is 89.4 Å². The molecule has 3 N–H and O–H groups in total. The van der Waals surface area contributed by atoms with Gasteiger partial charge in [0.15, 0.2) is 0 Å². The van der Waals surface area contributed by atoms with Crippen LogP contribution in [-0.4, -0.2) is 24.9 Å². The topological polar surface area (TPSA) is 55.1 Å². The summed E-state index contributed by atoms with van der Waals surface area (Å²) >= 11 is 0. The monoisotopic (exact) mass is 222 g/mol. The van der Waals surface area contributed by atoms with Crippen LogP contribution in [0.15, 0.2) is 0 Å². The van der Waals surface area contributed by atoms with Crippen LogP contribution in [0, 0.1) is 5.92 Å². The molecule has 15 heavy (non-hydrogen) atoms. The van der Waals surface area contributed by atoms with Crippen LogP contribution < -0.4 is 11.1 Å². The molecule has 0 fully saturated rings. The summed E-state index contributed by atoms with van der Waals surface area (Å²) in [5.41, 5.74) is 4.84. The van der Waals surface area contributed by atoms with Crippen LogP contribution in [0.3, 0.4) is 0 Å². The zero-order valence-corrected chi connectivity index (χ0v) is 9.35. The molecule has 3 nitrogen and oxygen atoms in total. The predicted molar refractivity (Wildman–Crippen MR) is 55.7 cm³/mol. The number of nitrogens with two attached hydrogens (primary N) is 1. The SMILES string of the molecule is CCC(CC)CC(=O)NCC(F)(F)CN. The highest BCUT2D eigenvalue weighted by atomic mass is 19.3. The number of hydrogen-bond donors (Lipinski definition) is 2. The standard InChI is InChI=1S/C10H20F2N2O/c1-3-8(4-2)5-9(15)14-7-10(11,12)6-13/h8H,3-7,13H2,1-2H3,(H,14,15). The number of rotatable bonds is 7. The molecule has 0 unspecified atom stereocenters. The molecule has 0 spiro atoms. The van der Waals surface area contributed by atoms with Gasteiger partial charge in [-0.2, -0.15) is 0 Å². The average molecular weight is 222 g/mol. The summed E-state index contributed by atoms with van der Waals surface area (Å²) in [4.78, 5) is 11.2. The minimum Gasteiger partial charge on any atom is -0.350 e. The van der Waals surface area contributed by atoms with Gasteiger partial charge in [0.2, 0.25) is 5.91 Å². The van der Waals surface area contributed by atoms with Gasteiger partial charge in [0.05, 0.1) is 13.1 Å². The highest BCUT2D eigenvalue weighted by Gasteiger charge is 2.27. The normalized spacial score (nSPS) is 11.9. The number of carbonyl (C=O) groups excluding carboxylic acids is 1. The molecule has 0 aromatic heterocycles. The number of halogens is 2. The molecular weight excluding hydrogens is 202 g/mol. The van der Waals surface area contributed by atoms with Crippen molar-refractivity contribution in [3.8, 4) is 0 Å². The van der Waals surface area contributed by atoms with Gasteiger partial charge in [-0.05, 0) is 5.92 Å². The van der Waals surface area contributed by atoms with Gasteiger partial charge in [0.1, 0.15) is 0 Å². The second-order valence-corrected chi connectivity index (χ2v) is 3.72. The lowest BCUT2D eigenvalue weighted by molar-refractivity contribution is -0.123. The fourth-order valence-corrected chi connectivity index (χ4v) is 1.21. The van der Waals surface area contributed by atoms with Crippen molar-refractivity contribution in [2.45, 2.75) is 39.0 Å². The van der Waals surface area contributed by atoms with Crippen LogP contribution in [0.5, 0.6) is 0 Å². The van der Waals surface area contributed by atoms with Crippen molar-refractivity contribution in [1.82, 2.24) is 5.32 Å². The maximum atomic E-state index is 12.7. The van der Waals surface area contributed by atoms with Crippen LogP contribution >= 0.6 is 0 Å². The summed E-state index contributed by atoms with van der Waals surface area (Å²) in [6, 6.07) is 0. The molecule has 0 radical (unpaired) electrons. The Balaban J connectivity index is 3.84. The molecule has 90 valence electrons. The van der Waals surface area contributed by atoms with Crippen molar-refractivity contribution in [2.24, 2.45) is 11.7 Å². The van der Waals surface area contributed by atoms with Gasteiger partial charge in [-0.15, -0.1) is 0 Å². The molecule has 1 amide bonds. The van der Waals surface area contributed by atoms with Crippen molar-refractivity contribution in [3.63, 3.8) is 0 Å². The summed E-state index contributed by atoms with van der Waals surface area (Å²) in [5, 5.41) is 2.20. The van der Waals surface area contributed by atoms with Gasteiger partial charge >= 0.3 is 0 Å². The molecule has 0 aromatic carbocycles. The van der Waals surface area contributed by atoms with E-state index in [-0.39, 0.29) is 11.8 Å². The Kier molecular flexibility index (Phi) is 6.40. The summed E-state index contributed by atoms with van der Waals surface area (Å²) in [6.07, 6.45) is 2.09. The molecular formula is C10H20F2N2O. The summed E-state index contributed by atoms with van der Waals surface area (Å²) < 4.78 is 25.3. The number of carbonyl (C=O) groups is 1. The molecule has 0 heterocycles.